The summed E-state index contributed by atoms with van der Waals surface area (Å²) in [7, 11) is 1.52. The first-order valence-electron chi connectivity index (χ1n) is 5.49. The van der Waals surface area contributed by atoms with E-state index >= 15 is 0 Å². The Hall–Kier alpha value is -1.70. The summed E-state index contributed by atoms with van der Waals surface area (Å²) in [5.74, 6) is 0.616. The fourth-order valence-corrected chi connectivity index (χ4v) is 2.41. The number of anilines is 2. The highest BCUT2D eigenvalue weighted by molar-refractivity contribution is 8.13. The molecule has 0 radical (unpaired) electrons. The quantitative estimate of drug-likeness (QED) is 0.667. The number of nitrogens with zero attached hydrogens (tertiary/aromatic N) is 1. The molecule has 0 saturated heterocycles. The van der Waals surface area contributed by atoms with Crippen LogP contribution in [0.3, 0.4) is 0 Å². The van der Waals surface area contributed by atoms with Gasteiger partial charge < -0.3 is 10.6 Å². The van der Waals surface area contributed by atoms with E-state index in [1.807, 2.05) is 6.07 Å². The van der Waals surface area contributed by atoms with Gasteiger partial charge in [-0.1, -0.05) is 6.07 Å². The van der Waals surface area contributed by atoms with Crippen molar-refractivity contribution < 1.29 is 8.42 Å². The van der Waals surface area contributed by atoms with E-state index in [2.05, 4.69) is 15.6 Å². The molecule has 2 aromatic rings. The molecule has 0 aliphatic rings. The summed E-state index contributed by atoms with van der Waals surface area (Å²) in [5, 5.41) is 6.16. The molecule has 5 nitrogen and oxygen atoms in total. The van der Waals surface area contributed by atoms with Crippen molar-refractivity contribution in [3.05, 3.63) is 48.7 Å². The van der Waals surface area contributed by atoms with Crippen molar-refractivity contribution >= 4 is 48.6 Å². The molecule has 1 aromatic carbocycles. The van der Waals surface area contributed by atoms with Gasteiger partial charge in [0.1, 0.15) is 5.82 Å². The molecular weight excluding hydrogens is 318 g/mol. The van der Waals surface area contributed by atoms with Crippen LogP contribution in [0.15, 0.2) is 53.6 Å². The van der Waals surface area contributed by atoms with Crippen LogP contribution in [0.4, 0.5) is 11.5 Å². The molecule has 0 bridgehead atoms. The molecular formula is C12H10ClN3O2S2. The van der Waals surface area contributed by atoms with E-state index in [1.54, 1.807) is 30.5 Å². The zero-order valence-corrected chi connectivity index (χ0v) is 12.5. The molecule has 104 valence electrons. The predicted octanol–water partition coefficient (Wildman–Crippen LogP) is 2.82. The minimum Gasteiger partial charge on any atom is -0.332 e. The standard InChI is InChI=1S/C12H10ClN3O2S2/c13-20(17,18)10-6-4-9(5-7-10)15-12(19)16-11-3-1-2-8-14-11/h1-8H,(H2,14,15,16,19). The zero-order chi connectivity index (χ0) is 14.6. The Kier molecular flexibility index (Phi) is 4.53. The Labute approximate surface area is 126 Å². The van der Waals surface area contributed by atoms with Gasteiger partial charge in [0.15, 0.2) is 5.11 Å². The first kappa shape index (κ1) is 14.7. The van der Waals surface area contributed by atoms with Crippen LogP contribution in [-0.2, 0) is 9.05 Å². The number of pyridine rings is 1. The number of hydrogen-bond acceptors (Lipinski definition) is 4. The topological polar surface area (TPSA) is 71.1 Å². The molecule has 0 saturated carbocycles. The molecule has 2 rings (SSSR count). The van der Waals surface area contributed by atoms with Crippen LogP contribution in [0.25, 0.3) is 0 Å². The highest BCUT2D eigenvalue weighted by atomic mass is 35.7. The van der Waals surface area contributed by atoms with Crippen molar-refractivity contribution in [1.82, 2.24) is 4.98 Å². The summed E-state index contributed by atoms with van der Waals surface area (Å²) >= 11 is 5.12. The number of halogens is 1. The second kappa shape index (κ2) is 6.17. The Morgan fingerprint density at radius 3 is 2.35 bits per heavy atom. The predicted molar refractivity (Wildman–Crippen MR) is 83.6 cm³/mol. The van der Waals surface area contributed by atoms with Crippen molar-refractivity contribution in [2.45, 2.75) is 4.90 Å². The second-order valence-electron chi connectivity index (χ2n) is 3.76. The lowest BCUT2D eigenvalue weighted by atomic mass is 10.3. The molecule has 0 aliphatic carbocycles. The van der Waals surface area contributed by atoms with Gasteiger partial charge in [-0.05, 0) is 48.6 Å². The molecule has 0 spiro atoms. The van der Waals surface area contributed by atoms with E-state index in [1.165, 1.54) is 12.1 Å². The third kappa shape index (κ3) is 4.16. The fraction of sp³-hybridized carbons (Fsp3) is 0. The second-order valence-corrected chi connectivity index (χ2v) is 6.73. The monoisotopic (exact) mass is 327 g/mol. The van der Waals surface area contributed by atoms with Crippen molar-refractivity contribution in [2.24, 2.45) is 0 Å². The fourth-order valence-electron chi connectivity index (χ4n) is 1.42. The van der Waals surface area contributed by atoms with E-state index in [0.29, 0.717) is 16.6 Å². The van der Waals surface area contributed by atoms with Crippen LogP contribution < -0.4 is 10.6 Å². The van der Waals surface area contributed by atoms with Crippen molar-refractivity contribution in [3.8, 4) is 0 Å². The molecule has 0 atom stereocenters. The Bertz CT molecular complexity index is 703. The largest absolute Gasteiger partial charge is 0.332 e. The number of aromatic nitrogens is 1. The number of thiocarbonyl (C=S) groups is 1. The van der Waals surface area contributed by atoms with Gasteiger partial charge in [0.05, 0.1) is 4.90 Å². The summed E-state index contributed by atoms with van der Waals surface area (Å²) < 4.78 is 22.2. The molecule has 0 amide bonds. The van der Waals surface area contributed by atoms with Gasteiger partial charge in [-0.25, -0.2) is 13.4 Å². The van der Waals surface area contributed by atoms with Crippen LogP contribution in [0.5, 0.6) is 0 Å². The highest BCUT2D eigenvalue weighted by Gasteiger charge is 2.09. The summed E-state index contributed by atoms with van der Waals surface area (Å²) in [6.45, 7) is 0. The van der Waals surface area contributed by atoms with Gasteiger partial charge in [0, 0.05) is 22.6 Å². The lowest BCUT2D eigenvalue weighted by Crippen LogP contribution is -2.19. The van der Waals surface area contributed by atoms with Gasteiger partial charge in [0.2, 0.25) is 0 Å². The number of hydrogen-bond donors (Lipinski definition) is 2. The zero-order valence-electron chi connectivity index (χ0n) is 10.1. The number of benzene rings is 1. The van der Waals surface area contributed by atoms with Crippen LogP contribution in [0, 0.1) is 0 Å². The van der Waals surface area contributed by atoms with Crippen LogP contribution >= 0.6 is 22.9 Å². The average Bonchev–Trinajstić information content (AvgIpc) is 2.39. The number of nitrogens with one attached hydrogen (secondary N) is 2. The Balaban J connectivity index is 2.02. The SMILES string of the molecule is O=S(=O)(Cl)c1ccc(NC(=S)Nc2ccccn2)cc1. The maximum Gasteiger partial charge on any atom is 0.261 e. The van der Waals surface area contributed by atoms with Crippen LogP contribution in [0.2, 0.25) is 0 Å². The van der Waals surface area contributed by atoms with Gasteiger partial charge in [-0.2, -0.15) is 0 Å². The normalized spacial score (nSPS) is 10.8. The lowest BCUT2D eigenvalue weighted by molar-refractivity contribution is 0.609. The smallest absolute Gasteiger partial charge is 0.261 e. The summed E-state index contributed by atoms with van der Waals surface area (Å²) in [5.41, 5.74) is 0.641. The lowest BCUT2D eigenvalue weighted by Gasteiger charge is -2.09. The molecule has 8 heteroatoms. The first-order valence-corrected chi connectivity index (χ1v) is 8.21. The first-order chi connectivity index (χ1) is 9.45. The van der Waals surface area contributed by atoms with Gasteiger partial charge in [0.25, 0.3) is 9.05 Å². The third-order valence-electron chi connectivity index (χ3n) is 2.30. The minimum absolute atomic E-state index is 0.0355. The summed E-state index contributed by atoms with van der Waals surface area (Å²) in [4.78, 5) is 4.11. The van der Waals surface area contributed by atoms with E-state index in [-0.39, 0.29) is 4.90 Å². The summed E-state index contributed by atoms with van der Waals surface area (Å²) in [6, 6.07) is 11.3. The maximum absolute atomic E-state index is 11.1. The van der Waals surface area contributed by atoms with E-state index < -0.39 is 9.05 Å². The molecule has 0 aliphatic heterocycles. The van der Waals surface area contributed by atoms with E-state index in [9.17, 15) is 8.42 Å². The molecule has 2 N–H and O–H groups in total. The van der Waals surface area contributed by atoms with Crippen molar-refractivity contribution in [1.29, 1.82) is 0 Å². The highest BCUT2D eigenvalue weighted by Crippen LogP contribution is 2.17. The van der Waals surface area contributed by atoms with Gasteiger partial charge >= 0.3 is 0 Å². The van der Waals surface area contributed by atoms with Crippen LogP contribution in [0.1, 0.15) is 0 Å². The molecule has 0 fully saturated rings. The Morgan fingerprint density at radius 1 is 1.10 bits per heavy atom. The Morgan fingerprint density at radius 2 is 1.80 bits per heavy atom. The van der Waals surface area contributed by atoms with Gasteiger partial charge in [-0.3, -0.25) is 0 Å². The molecule has 0 unspecified atom stereocenters. The molecule has 1 aromatic heterocycles. The average molecular weight is 328 g/mol. The van der Waals surface area contributed by atoms with Crippen LogP contribution in [-0.4, -0.2) is 18.5 Å². The van der Waals surface area contributed by atoms with Crippen molar-refractivity contribution in [2.75, 3.05) is 10.6 Å². The molecule has 1 heterocycles. The number of rotatable bonds is 3. The summed E-state index contributed by atoms with van der Waals surface area (Å²) in [6.07, 6.45) is 1.64. The maximum atomic E-state index is 11.1. The van der Waals surface area contributed by atoms with E-state index in [0.717, 1.165) is 0 Å². The third-order valence-corrected chi connectivity index (χ3v) is 3.87. The van der Waals surface area contributed by atoms with E-state index in [4.69, 9.17) is 22.9 Å². The minimum atomic E-state index is -3.71. The van der Waals surface area contributed by atoms with Crippen molar-refractivity contribution in [3.63, 3.8) is 0 Å². The molecule has 20 heavy (non-hydrogen) atoms. The van der Waals surface area contributed by atoms with Gasteiger partial charge in [-0.15, -0.1) is 0 Å².